The summed E-state index contributed by atoms with van der Waals surface area (Å²) < 4.78 is 14.2. The predicted octanol–water partition coefficient (Wildman–Crippen LogP) is 4.18. The van der Waals surface area contributed by atoms with Crippen LogP contribution >= 0.6 is 11.6 Å². The van der Waals surface area contributed by atoms with Gasteiger partial charge >= 0.3 is 6.09 Å². The van der Waals surface area contributed by atoms with Crippen molar-refractivity contribution in [3.63, 3.8) is 0 Å². The number of nitriles is 1. The SMILES string of the molecule is CN(C(=O)O)c1cc(F)cc2c1[nH]c1ncc(Cl)c(C3(C#N)CC3)c12. The standard InChI is InChI=1S/C17H12ClFN4O2/c1-23(16(24)25)11-5-8(19)4-9-12-13(17(7-20)2-3-17)10(18)6-21-15(12)22-14(9)11/h4-6H,2-3H2,1H3,(H,21,22)(H,24,25). The first-order valence-corrected chi connectivity index (χ1v) is 7.93. The Bertz CT molecular complexity index is 1100. The number of halogens is 2. The van der Waals surface area contributed by atoms with Crippen LogP contribution in [0.3, 0.4) is 0 Å². The molecule has 1 fully saturated rings. The van der Waals surface area contributed by atoms with Crippen LogP contribution in [-0.2, 0) is 5.41 Å². The van der Waals surface area contributed by atoms with Crippen LogP contribution in [0, 0.1) is 17.1 Å². The third-order valence-electron chi connectivity index (χ3n) is 4.72. The normalized spacial score (nSPS) is 15.3. The van der Waals surface area contributed by atoms with Crippen molar-refractivity contribution >= 4 is 45.3 Å². The first-order valence-electron chi connectivity index (χ1n) is 7.56. The topological polar surface area (TPSA) is 93.0 Å². The van der Waals surface area contributed by atoms with Gasteiger partial charge in [0.2, 0.25) is 0 Å². The Morgan fingerprint density at radius 1 is 1.52 bits per heavy atom. The maximum Gasteiger partial charge on any atom is 0.411 e. The average Bonchev–Trinajstić information content (AvgIpc) is 3.29. The minimum atomic E-state index is -1.22. The van der Waals surface area contributed by atoms with Gasteiger partial charge in [-0.1, -0.05) is 11.6 Å². The lowest BCUT2D eigenvalue weighted by atomic mass is 9.94. The number of H-pyrrole nitrogens is 1. The zero-order valence-corrected chi connectivity index (χ0v) is 13.9. The highest BCUT2D eigenvalue weighted by atomic mass is 35.5. The van der Waals surface area contributed by atoms with Gasteiger partial charge in [-0.15, -0.1) is 0 Å². The van der Waals surface area contributed by atoms with E-state index in [0.29, 0.717) is 45.4 Å². The van der Waals surface area contributed by atoms with Crippen LogP contribution in [0.15, 0.2) is 18.3 Å². The Labute approximate surface area is 146 Å². The molecule has 0 saturated heterocycles. The summed E-state index contributed by atoms with van der Waals surface area (Å²) in [7, 11) is 1.33. The average molecular weight is 359 g/mol. The molecule has 2 heterocycles. The lowest BCUT2D eigenvalue weighted by molar-refractivity contribution is 0.203. The number of aromatic amines is 1. The van der Waals surface area contributed by atoms with Crippen molar-refractivity contribution < 1.29 is 14.3 Å². The van der Waals surface area contributed by atoms with E-state index in [1.165, 1.54) is 19.3 Å². The molecule has 0 unspecified atom stereocenters. The van der Waals surface area contributed by atoms with E-state index >= 15 is 0 Å². The Morgan fingerprint density at radius 3 is 2.84 bits per heavy atom. The highest BCUT2D eigenvalue weighted by Crippen LogP contribution is 2.53. The number of anilines is 1. The summed E-state index contributed by atoms with van der Waals surface area (Å²) in [4.78, 5) is 19.5. The second-order valence-corrected chi connectivity index (χ2v) is 6.62. The molecular formula is C17H12ClFN4O2. The number of amides is 1. The van der Waals surface area contributed by atoms with E-state index in [9.17, 15) is 19.6 Å². The van der Waals surface area contributed by atoms with Crippen molar-refractivity contribution in [1.29, 1.82) is 5.26 Å². The fourth-order valence-electron chi connectivity index (χ4n) is 3.26. The number of pyridine rings is 1. The van der Waals surface area contributed by atoms with E-state index in [1.807, 2.05) is 0 Å². The molecule has 1 saturated carbocycles. The Balaban J connectivity index is 2.15. The number of fused-ring (bicyclic) bond motifs is 3. The zero-order valence-electron chi connectivity index (χ0n) is 13.1. The van der Waals surface area contributed by atoms with E-state index in [2.05, 4.69) is 16.0 Å². The van der Waals surface area contributed by atoms with Crippen LogP contribution in [0.5, 0.6) is 0 Å². The molecule has 0 atom stereocenters. The number of nitrogens with one attached hydrogen (secondary N) is 1. The number of aromatic nitrogens is 2. The number of hydrogen-bond donors (Lipinski definition) is 2. The first kappa shape index (κ1) is 15.7. The van der Waals surface area contributed by atoms with Crippen molar-refractivity contribution in [3.8, 4) is 6.07 Å². The molecule has 1 aromatic carbocycles. The van der Waals surface area contributed by atoms with Crippen LogP contribution < -0.4 is 4.90 Å². The van der Waals surface area contributed by atoms with Gasteiger partial charge in [0, 0.05) is 29.6 Å². The monoisotopic (exact) mass is 358 g/mol. The number of carbonyl (C=O) groups is 1. The summed E-state index contributed by atoms with van der Waals surface area (Å²) in [5.41, 5.74) is 0.984. The van der Waals surface area contributed by atoms with E-state index < -0.39 is 17.3 Å². The van der Waals surface area contributed by atoms with Gasteiger partial charge in [-0.25, -0.2) is 14.2 Å². The van der Waals surface area contributed by atoms with Gasteiger partial charge in [0.05, 0.1) is 27.7 Å². The Hall–Kier alpha value is -2.85. The molecule has 25 heavy (non-hydrogen) atoms. The second-order valence-electron chi connectivity index (χ2n) is 6.21. The fraction of sp³-hybridized carbons (Fsp3) is 0.235. The van der Waals surface area contributed by atoms with E-state index in [4.69, 9.17) is 11.6 Å². The molecule has 2 N–H and O–H groups in total. The number of carboxylic acid groups (broad SMARTS) is 1. The third kappa shape index (κ3) is 2.14. The molecule has 8 heteroatoms. The van der Waals surface area contributed by atoms with Crippen LogP contribution in [0.25, 0.3) is 21.9 Å². The third-order valence-corrected chi connectivity index (χ3v) is 5.01. The number of nitrogens with zero attached hydrogens (tertiary/aromatic N) is 3. The van der Waals surface area contributed by atoms with Crippen LogP contribution in [-0.4, -0.2) is 28.2 Å². The summed E-state index contributed by atoms with van der Waals surface area (Å²) in [5, 5.41) is 20.2. The summed E-state index contributed by atoms with van der Waals surface area (Å²) >= 11 is 6.33. The molecule has 126 valence electrons. The largest absolute Gasteiger partial charge is 0.465 e. The van der Waals surface area contributed by atoms with Crippen molar-refractivity contribution in [2.24, 2.45) is 0 Å². The van der Waals surface area contributed by atoms with Crippen molar-refractivity contribution in [1.82, 2.24) is 9.97 Å². The number of rotatable bonds is 2. The predicted molar refractivity (Wildman–Crippen MR) is 91.5 cm³/mol. The maximum absolute atomic E-state index is 14.2. The van der Waals surface area contributed by atoms with Gasteiger partial charge in [0.25, 0.3) is 0 Å². The van der Waals surface area contributed by atoms with Crippen molar-refractivity contribution in [3.05, 3.63) is 34.7 Å². The summed E-state index contributed by atoms with van der Waals surface area (Å²) in [6.45, 7) is 0. The molecule has 0 spiro atoms. The van der Waals surface area contributed by atoms with Crippen LogP contribution in [0.4, 0.5) is 14.9 Å². The van der Waals surface area contributed by atoms with Crippen molar-refractivity contribution in [2.45, 2.75) is 18.3 Å². The molecule has 6 nitrogen and oxygen atoms in total. The molecule has 1 aliphatic carbocycles. The van der Waals surface area contributed by atoms with Gasteiger partial charge < -0.3 is 10.1 Å². The fourth-order valence-corrected chi connectivity index (χ4v) is 3.59. The molecule has 1 amide bonds. The quantitative estimate of drug-likeness (QED) is 0.718. The van der Waals surface area contributed by atoms with Crippen molar-refractivity contribution in [2.75, 3.05) is 11.9 Å². The second kappa shape index (κ2) is 5.07. The zero-order chi connectivity index (χ0) is 17.9. The molecule has 3 aromatic rings. The minimum absolute atomic E-state index is 0.171. The molecular weight excluding hydrogens is 347 g/mol. The number of benzene rings is 1. The lowest BCUT2D eigenvalue weighted by Crippen LogP contribution is -2.24. The van der Waals surface area contributed by atoms with E-state index in [1.54, 1.807) is 0 Å². The molecule has 1 aliphatic rings. The van der Waals surface area contributed by atoms with Crippen LogP contribution in [0.1, 0.15) is 18.4 Å². The highest BCUT2D eigenvalue weighted by Gasteiger charge is 2.48. The summed E-state index contributed by atoms with van der Waals surface area (Å²) in [5.74, 6) is -0.579. The van der Waals surface area contributed by atoms with Gasteiger partial charge in [-0.05, 0) is 25.0 Å². The van der Waals surface area contributed by atoms with Gasteiger partial charge in [-0.3, -0.25) is 4.90 Å². The van der Waals surface area contributed by atoms with E-state index in [-0.39, 0.29) is 5.69 Å². The molecule has 4 rings (SSSR count). The molecule has 0 bridgehead atoms. The first-order chi connectivity index (χ1) is 11.9. The molecule has 0 radical (unpaired) electrons. The minimum Gasteiger partial charge on any atom is -0.465 e. The van der Waals surface area contributed by atoms with Gasteiger partial charge in [0.1, 0.15) is 11.5 Å². The Kier molecular flexibility index (Phi) is 3.18. The lowest BCUT2D eigenvalue weighted by Gasteiger charge is -2.14. The smallest absolute Gasteiger partial charge is 0.411 e. The summed E-state index contributed by atoms with van der Waals surface area (Å²) in [6, 6.07) is 4.75. The van der Waals surface area contributed by atoms with Gasteiger partial charge in [-0.2, -0.15) is 5.26 Å². The van der Waals surface area contributed by atoms with Crippen LogP contribution in [0.2, 0.25) is 5.02 Å². The molecule has 2 aromatic heterocycles. The molecule has 0 aliphatic heterocycles. The van der Waals surface area contributed by atoms with E-state index in [0.717, 1.165) is 11.0 Å². The Morgan fingerprint density at radius 2 is 2.24 bits per heavy atom. The number of hydrogen-bond acceptors (Lipinski definition) is 3. The highest BCUT2D eigenvalue weighted by molar-refractivity contribution is 6.33. The summed E-state index contributed by atoms with van der Waals surface area (Å²) in [6.07, 6.45) is 1.59. The maximum atomic E-state index is 14.2. The van der Waals surface area contributed by atoms with Gasteiger partial charge in [0.15, 0.2) is 0 Å².